The summed E-state index contributed by atoms with van der Waals surface area (Å²) in [5, 5.41) is 2.75. The molecule has 0 saturated carbocycles. The first kappa shape index (κ1) is 14.7. The van der Waals surface area contributed by atoms with Crippen molar-refractivity contribution in [2.24, 2.45) is 0 Å². The number of rotatable bonds is 4. The Morgan fingerprint density at radius 1 is 1.40 bits per heavy atom. The van der Waals surface area contributed by atoms with Gasteiger partial charge in [-0.3, -0.25) is 9.47 Å². The van der Waals surface area contributed by atoms with Gasteiger partial charge in [0.15, 0.2) is 0 Å². The quantitative estimate of drug-likeness (QED) is 0.903. The molecular formula is C12H19F2N5O. The van der Waals surface area contributed by atoms with Crippen molar-refractivity contribution >= 4 is 6.03 Å². The highest BCUT2D eigenvalue weighted by Gasteiger charge is 2.22. The molecule has 0 unspecified atom stereocenters. The largest absolute Gasteiger partial charge is 0.338 e. The van der Waals surface area contributed by atoms with Crippen molar-refractivity contribution in [1.29, 1.82) is 0 Å². The normalized spacial score (nSPS) is 16.7. The molecule has 1 aromatic rings. The van der Waals surface area contributed by atoms with Gasteiger partial charge in [0, 0.05) is 45.1 Å². The molecule has 6 nitrogen and oxygen atoms in total. The summed E-state index contributed by atoms with van der Waals surface area (Å²) in [6.07, 6.45) is 2.66. The second kappa shape index (κ2) is 6.65. The Morgan fingerprint density at radius 2 is 2.10 bits per heavy atom. The molecule has 0 spiro atoms. The lowest BCUT2D eigenvalue weighted by atomic mass is 10.3. The van der Waals surface area contributed by atoms with E-state index in [0.717, 1.165) is 4.57 Å². The Morgan fingerprint density at radius 3 is 2.70 bits per heavy atom. The van der Waals surface area contributed by atoms with Crippen LogP contribution >= 0.6 is 0 Å². The number of alkyl halides is 2. The lowest BCUT2D eigenvalue weighted by molar-refractivity contribution is 0.0618. The highest BCUT2D eigenvalue weighted by molar-refractivity contribution is 5.74. The van der Waals surface area contributed by atoms with Gasteiger partial charge in [0.2, 0.25) is 0 Å². The molecule has 8 heteroatoms. The molecule has 1 aliphatic rings. The van der Waals surface area contributed by atoms with Crippen molar-refractivity contribution in [3.8, 4) is 0 Å². The Kier molecular flexibility index (Phi) is 4.89. The van der Waals surface area contributed by atoms with E-state index in [2.05, 4.69) is 10.3 Å². The molecule has 0 aliphatic carbocycles. The average Bonchev–Trinajstić information content (AvgIpc) is 2.88. The summed E-state index contributed by atoms with van der Waals surface area (Å²) in [5.41, 5.74) is 0. The third kappa shape index (κ3) is 3.44. The van der Waals surface area contributed by atoms with Crippen LogP contribution in [0.2, 0.25) is 0 Å². The number of carbonyl (C=O) groups excluding carboxylic acids is 1. The number of nitrogens with zero attached hydrogens (tertiary/aromatic N) is 4. The number of urea groups is 1. The fourth-order valence-corrected chi connectivity index (χ4v) is 2.22. The van der Waals surface area contributed by atoms with Crippen molar-refractivity contribution in [3.05, 3.63) is 18.2 Å². The maximum atomic E-state index is 12.7. The number of nitrogens with one attached hydrogen (secondary N) is 1. The van der Waals surface area contributed by atoms with Crippen LogP contribution in [-0.2, 0) is 6.54 Å². The van der Waals surface area contributed by atoms with Crippen LogP contribution in [0.15, 0.2) is 12.4 Å². The Balaban J connectivity index is 1.85. The molecule has 2 amide bonds. The van der Waals surface area contributed by atoms with Gasteiger partial charge in [-0.05, 0) is 6.92 Å². The summed E-state index contributed by atoms with van der Waals surface area (Å²) in [6.45, 7) is 2.80. The van der Waals surface area contributed by atoms with Crippen molar-refractivity contribution in [3.63, 3.8) is 0 Å². The van der Waals surface area contributed by atoms with Crippen molar-refractivity contribution in [2.75, 3.05) is 32.7 Å². The van der Waals surface area contributed by atoms with Crippen LogP contribution < -0.4 is 5.32 Å². The number of hydrogen-bond acceptors (Lipinski definition) is 3. The van der Waals surface area contributed by atoms with E-state index in [0.29, 0.717) is 45.1 Å². The molecule has 112 valence electrons. The summed E-state index contributed by atoms with van der Waals surface area (Å²) >= 11 is 0. The minimum Gasteiger partial charge on any atom is -0.338 e. The molecule has 2 heterocycles. The third-order valence-corrected chi connectivity index (χ3v) is 3.31. The molecule has 1 fully saturated rings. The monoisotopic (exact) mass is 287 g/mol. The number of amides is 2. The minimum absolute atomic E-state index is 0.0683. The minimum atomic E-state index is -2.57. The zero-order valence-electron chi connectivity index (χ0n) is 11.4. The van der Waals surface area contributed by atoms with Gasteiger partial charge in [0.05, 0.1) is 6.54 Å². The highest BCUT2D eigenvalue weighted by atomic mass is 19.3. The fourth-order valence-electron chi connectivity index (χ4n) is 2.22. The first-order valence-electron chi connectivity index (χ1n) is 6.66. The van der Waals surface area contributed by atoms with Crippen LogP contribution in [0.5, 0.6) is 0 Å². The number of aromatic nitrogens is 2. The van der Waals surface area contributed by atoms with Crippen molar-refractivity contribution in [2.45, 2.75) is 20.0 Å². The van der Waals surface area contributed by atoms with Gasteiger partial charge in [0.25, 0.3) is 0 Å². The molecule has 0 radical (unpaired) electrons. The van der Waals surface area contributed by atoms with Crippen LogP contribution in [0, 0.1) is 0 Å². The van der Waals surface area contributed by atoms with Crippen LogP contribution in [0.4, 0.5) is 13.6 Å². The van der Waals surface area contributed by atoms with Gasteiger partial charge in [-0.25, -0.2) is 9.78 Å². The smallest absolute Gasteiger partial charge is 0.319 e. The Labute approximate surface area is 116 Å². The van der Waals surface area contributed by atoms with Crippen LogP contribution in [0.25, 0.3) is 0 Å². The van der Waals surface area contributed by atoms with Gasteiger partial charge in [-0.1, -0.05) is 0 Å². The number of piperazine rings is 1. The molecule has 1 aromatic heterocycles. The SMILES string of the molecule is CCNC(=O)N1CCN(Cc2nccn2C(F)F)CC1. The summed E-state index contributed by atoms with van der Waals surface area (Å²) in [7, 11) is 0. The number of imidazole rings is 1. The van der Waals surface area contributed by atoms with Crippen LogP contribution in [0.3, 0.4) is 0 Å². The van der Waals surface area contributed by atoms with E-state index in [1.54, 1.807) is 4.90 Å². The molecule has 0 aromatic carbocycles. The standard InChI is InChI=1S/C12H19F2N5O/c1-2-15-12(20)18-7-5-17(6-8-18)9-10-16-3-4-19(10)11(13)14/h3-4,11H,2,5-9H2,1H3,(H,15,20). The first-order chi connectivity index (χ1) is 9.61. The zero-order chi connectivity index (χ0) is 14.5. The van der Waals surface area contributed by atoms with E-state index >= 15 is 0 Å². The fraction of sp³-hybridized carbons (Fsp3) is 0.667. The Hall–Kier alpha value is -1.70. The van der Waals surface area contributed by atoms with E-state index in [1.807, 2.05) is 11.8 Å². The van der Waals surface area contributed by atoms with Crippen LogP contribution in [-0.4, -0.2) is 58.1 Å². The van der Waals surface area contributed by atoms with E-state index < -0.39 is 6.55 Å². The predicted octanol–water partition coefficient (Wildman–Crippen LogP) is 1.13. The third-order valence-electron chi connectivity index (χ3n) is 3.31. The maximum Gasteiger partial charge on any atom is 0.319 e. The second-order valence-corrected chi connectivity index (χ2v) is 4.63. The Bertz CT molecular complexity index is 443. The molecule has 0 atom stereocenters. The number of halogens is 2. The van der Waals surface area contributed by atoms with Gasteiger partial charge in [-0.2, -0.15) is 8.78 Å². The second-order valence-electron chi connectivity index (χ2n) is 4.63. The molecular weight excluding hydrogens is 268 g/mol. The summed E-state index contributed by atoms with van der Waals surface area (Å²) in [6, 6.07) is -0.0683. The topological polar surface area (TPSA) is 53.4 Å². The van der Waals surface area contributed by atoms with Gasteiger partial charge >= 0.3 is 12.6 Å². The highest BCUT2D eigenvalue weighted by Crippen LogP contribution is 2.14. The molecule has 1 N–H and O–H groups in total. The summed E-state index contributed by atoms with van der Waals surface area (Å²) in [5.74, 6) is 0.353. The van der Waals surface area contributed by atoms with E-state index in [9.17, 15) is 13.6 Å². The molecule has 1 saturated heterocycles. The first-order valence-corrected chi connectivity index (χ1v) is 6.66. The van der Waals surface area contributed by atoms with E-state index in [4.69, 9.17) is 0 Å². The maximum absolute atomic E-state index is 12.7. The van der Waals surface area contributed by atoms with Crippen molar-refractivity contribution < 1.29 is 13.6 Å². The van der Waals surface area contributed by atoms with Gasteiger partial charge in [0.1, 0.15) is 5.82 Å². The van der Waals surface area contributed by atoms with E-state index in [-0.39, 0.29) is 6.03 Å². The number of carbonyl (C=O) groups is 1. The summed E-state index contributed by atoms with van der Waals surface area (Å²) in [4.78, 5) is 19.4. The average molecular weight is 287 g/mol. The van der Waals surface area contributed by atoms with E-state index in [1.165, 1.54) is 12.4 Å². The van der Waals surface area contributed by atoms with Crippen molar-refractivity contribution in [1.82, 2.24) is 24.7 Å². The van der Waals surface area contributed by atoms with Gasteiger partial charge < -0.3 is 10.2 Å². The van der Waals surface area contributed by atoms with Gasteiger partial charge in [-0.15, -0.1) is 0 Å². The lowest BCUT2D eigenvalue weighted by Gasteiger charge is -2.34. The lowest BCUT2D eigenvalue weighted by Crippen LogP contribution is -2.51. The molecule has 2 rings (SSSR count). The number of hydrogen-bond donors (Lipinski definition) is 1. The summed E-state index contributed by atoms with van der Waals surface area (Å²) < 4.78 is 26.3. The van der Waals surface area contributed by atoms with Crippen LogP contribution in [0.1, 0.15) is 19.3 Å². The molecule has 0 bridgehead atoms. The predicted molar refractivity (Wildman–Crippen MR) is 69.4 cm³/mol. The molecule has 20 heavy (non-hydrogen) atoms. The molecule has 1 aliphatic heterocycles. The zero-order valence-corrected chi connectivity index (χ0v) is 11.4.